The molecule has 2 heterocycles. The minimum absolute atomic E-state index is 0.422. The number of nitrogens with one attached hydrogen (secondary N) is 1. The van der Waals surface area contributed by atoms with Crippen molar-refractivity contribution in [1.29, 1.82) is 0 Å². The van der Waals surface area contributed by atoms with E-state index in [0.717, 1.165) is 12.5 Å². The van der Waals surface area contributed by atoms with E-state index in [1.54, 1.807) is 0 Å². The number of rotatable bonds is 2. The summed E-state index contributed by atoms with van der Waals surface area (Å²) in [7, 11) is 0. The van der Waals surface area contributed by atoms with E-state index in [9.17, 15) is 0 Å². The molecule has 1 unspecified atom stereocenters. The van der Waals surface area contributed by atoms with Crippen molar-refractivity contribution in [3.8, 4) is 0 Å². The van der Waals surface area contributed by atoms with Crippen LogP contribution in [0.2, 0.25) is 0 Å². The van der Waals surface area contributed by atoms with Crippen LogP contribution in [0, 0.1) is 0 Å². The number of benzene rings is 1. The molecule has 1 atom stereocenters. The highest BCUT2D eigenvalue weighted by molar-refractivity contribution is 5.23. The molecule has 2 aliphatic rings. The summed E-state index contributed by atoms with van der Waals surface area (Å²) in [6, 6.07) is 10.9. The standard InChI is InChI=1S/C14H20N2/c1-14(7-8-15-11-14)16-9-13(10-16)12-5-3-2-4-6-12/h2-6,13,15H,7-11H2,1H3. The van der Waals surface area contributed by atoms with Gasteiger partial charge in [0.2, 0.25) is 0 Å². The number of likely N-dealkylation sites (tertiary alicyclic amines) is 1. The molecule has 1 aromatic carbocycles. The molecule has 86 valence electrons. The molecule has 0 bridgehead atoms. The van der Waals surface area contributed by atoms with Crippen LogP contribution >= 0.6 is 0 Å². The van der Waals surface area contributed by atoms with Crippen molar-refractivity contribution in [1.82, 2.24) is 10.2 Å². The molecule has 2 fully saturated rings. The molecule has 0 radical (unpaired) electrons. The van der Waals surface area contributed by atoms with Crippen molar-refractivity contribution in [2.24, 2.45) is 0 Å². The minimum Gasteiger partial charge on any atom is -0.315 e. The van der Waals surface area contributed by atoms with Crippen molar-refractivity contribution in [2.75, 3.05) is 26.2 Å². The van der Waals surface area contributed by atoms with Gasteiger partial charge in [0.15, 0.2) is 0 Å². The molecule has 2 nitrogen and oxygen atoms in total. The van der Waals surface area contributed by atoms with Crippen LogP contribution < -0.4 is 5.32 Å². The van der Waals surface area contributed by atoms with Crippen LogP contribution in [0.4, 0.5) is 0 Å². The van der Waals surface area contributed by atoms with Gasteiger partial charge in [0.1, 0.15) is 0 Å². The molecular formula is C14H20N2. The second kappa shape index (κ2) is 3.86. The lowest BCUT2D eigenvalue weighted by Gasteiger charge is -2.49. The van der Waals surface area contributed by atoms with Crippen LogP contribution in [0.25, 0.3) is 0 Å². The Balaban J connectivity index is 1.63. The zero-order valence-corrected chi connectivity index (χ0v) is 9.95. The third-order valence-corrected chi connectivity index (χ3v) is 4.26. The van der Waals surface area contributed by atoms with Crippen LogP contribution in [0.5, 0.6) is 0 Å². The van der Waals surface area contributed by atoms with Gasteiger partial charge in [-0.05, 0) is 25.5 Å². The Labute approximate surface area is 97.6 Å². The van der Waals surface area contributed by atoms with Crippen molar-refractivity contribution in [2.45, 2.75) is 24.8 Å². The molecule has 1 N–H and O–H groups in total. The Morgan fingerprint density at radius 2 is 2.00 bits per heavy atom. The fourth-order valence-corrected chi connectivity index (χ4v) is 2.93. The van der Waals surface area contributed by atoms with Gasteiger partial charge in [0.05, 0.1) is 0 Å². The highest BCUT2D eigenvalue weighted by Crippen LogP contribution is 2.35. The number of hydrogen-bond acceptors (Lipinski definition) is 2. The minimum atomic E-state index is 0.422. The smallest absolute Gasteiger partial charge is 0.0318 e. The Kier molecular flexibility index (Phi) is 2.49. The van der Waals surface area contributed by atoms with E-state index >= 15 is 0 Å². The maximum atomic E-state index is 3.47. The summed E-state index contributed by atoms with van der Waals surface area (Å²) in [6.45, 7) is 7.22. The highest BCUT2D eigenvalue weighted by atomic mass is 15.3. The SMILES string of the molecule is CC1(N2CC(c3ccccc3)C2)CCNC1. The van der Waals surface area contributed by atoms with E-state index in [4.69, 9.17) is 0 Å². The molecule has 1 aromatic rings. The van der Waals surface area contributed by atoms with Crippen LogP contribution in [-0.4, -0.2) is 36.6 Å². The van der Waals surface area contributed by atoms with E-state index in [1.807, 2.05) is 0 Å². The third kappa shape index (κ3) is 1.66. The Bertz CT molecular complexity index is 348. The first-order chi connectivity index (χ1) is 7.78. The normalized spacial score (nSPS) is 31.6. The van der Waals surface area contributed by atoms with Crippen molar-refractivity contribution in [3.05, 3.63) is 35.9 Å². The second-order valence-corrected chi connectivity index (χ2v) is 5.44. The number of nitrogens with zero attached hydrogens (tertiary/aromatic N) is 1. The first-order valence-electron chi connectivity index (χ1n) is 6.29. The van der Waals surface area contributed by atoms with E-state index in [0.29, 0.717) is 5.54 Å². The lowest BCUT2D eigenvalue weighted by molar-refractivity contribution is 0.0357. The highest BCUT2D eigenvalue weighted by Gasteiger charge is 2.42. The van der Waals surface area contributed by atoms with Gasteiger partial charge in [0.25, 0.3) is 0 Å². The van der Waals surface area contributed by atoms with E-state index in [2.05, 4.69) is 47.5 Å². The Morgan fingerprint density at radius 3 is 2.62 bits per heavy atom. The summed E-state index contributed by atoms with van der Waals surface area (Å²) in [4.78, 5) is 2.64. The van der Waals surface area contributed by atoms with Gasteiger partial charge < -0.3 is 5.32 Å². The van der Waals surface area contributed by atoms with E-state index in [1.165, 1.54) is 31.6 Å². The summed E-state index contributed by atoms with van der Waals surface area (Å²) in [5.41, 5.74) is 1.93. The molecular weight excluding hydrogens is 196 g/mol. The van der Waals surface area contributed by atoms with Crippen LogP contribution in [0.15, 0.2) is 30.3 Å². The molecule has 0 spiro atoms. The quantitative estimate of drug-likeness (QED) is 0.811. The molecule has 0 aromatic heterocycles. The van der Waals surface area contributed by atoms with Gasteiger partial charge in [-0.1, -0.05) is 30.3 Å². The van der Waals surface area contributed by atoms with E-state index < -0.39 is 0 Å². The average molecular weight is 216 g/mol. The predicted octanol–water partition coefficient (Wildman–Crippen LogP) is 1.84. The zero-order valence-electron chi connectivity index (χ0n) is 9.95. The molecule has 0 aliphatic carbocycles. The van der Waals surface area contributed by atoms with Gasteiger partial charge in [-0.3, -0.25) is 4.90 Å². The summed E-state index contributed by atoms with van der Waals surface area (Å²) in [5.74, 6) is 0.763. The van der Waals surface area contributed by atoms with Crippen molar-refractivity contribution >= 4 is 0 Å². The second-order valence-electron chi connectivity index (χ2n) is 5.44. The fourth-order valence-electron chi connectivity index (χ4n) is 2.93. The van der Waals surface area contributed by atoms with Gasteiger partial charge >= 0.3 is 0 Å². The van der Waals surface area contributed by atoms with Gasteiger partial charge in [-0.25, -0.2) is 0 Å². The zero-order chi connectivity index (χ0) is 11.0. The predicted molar refractivity (Wildman–Crippen MR) is 66.6 cm³/mol. The number of hydrogen-bond donors (Lipinski definition) is 1. The molecule has 2 heteroatoms. The average Bonchev–Trinajstić information content (AvgIpc) is 2.65. The lowest BCUT2D eigenvalue weighted by atomic mass is 9.85. The largest absolute Gasteiger partial charge is 0.315 e. The third-order valence-electron chi connectivity index (χ3n) is 4.26. The topological polar surface area (TPSA) is 15.3 Å². The summed E-state index contributed by atoms with van der Waals surface area (Å²) in [5, 5.41) is 3.47. The maximum absolute atomic E-state index is 3.47. The summed E-state index contributed by atoms with van der Waals surface area (Å²) < 4.78 is 0. The van der Waals surface area contributed by atoms with Crippen molar-refractivity contribution < 1.29 is 0 Å². The van der Waals surface area contributed by atoms with Gasteiger partial charge in [-0.15, -0.1) is 0 Å². The summed E-state index contributed by atoms with van der Waals surface area (Å²) >= 11 is 0. The molecule has 16 heavy (non-hydrogen) atoms. The monoisotopic (exact) mass is 216 g/mol. The van der Waals surface area contributed by atoms with Gasteiger partial charge in [0, 0.05) is 31.1 Å². The van der Waals surface area contributed by atoms with E-state index in [-0.39, 0.29) is 0 Å². The van der Waals surface area contributed by atoms with Crippen molar-refractivity contribution in [3.63, 3.8) is 0 Å². The lowest BCUT2D eigenvalue weighted by Crippen LogP contribution is -2.58. The Hall–Kier alpha value is -0.860. The molecule has 0 amide bonds. The van der Waals surface area contributed by atoms with Crippen LogP contribution in [-0.2, 0) is 0 Å². The fraction of sp³-hybridized carbons (Fsp3) is 0.571. The molecule has 0 saturated carbocycles. The molecule has 2 aliphatic heterocycles. The van der Waals surface area contributed by atoms with Crippen LogP contribution in [0.3, 0.4) is 0 Å². The van der Waals surface area contributed by atoms with Crippen LogP contribution in [0.1, 0.15) is 24.8 Å². The van der Waals surface area contributed by atoms with Gasteiger partial charge in [-0.2, -0.15) is 0 Å². The Morgan fingerprint density at radius 1 is 1.25 bits per heavy atom. The first-order valence-corrected chi connectivity index (χ1v) is 6.29. The molecule has 2 saturated heterocycles. The summed E-state index contributed by atoms with van der Waals surface area (Å²) in [6.07, 6.45) is 1.30. The first kappa shape index (κ1) is 10.3. The molecule has 3 rings (SSSR count). The maximum Gasteiger partial charge on any atom is 0.0318 e.